The molecule has 2 aromatic rings. The van der Waals surface area contributed by atoms with Crippen LogP contribution in [0.1, 0.15) is 40.4 Å². The number of amides is 1. The Hall–Kier alpha value is -2.15. The average Bonchev–Trinajstić information content (AvgIpc) is 3.07. The smallest absolute Gasteiger partial charge is 0.280 e. The zero-order valence-electron chi connectivity index (χ0n) is 12.3. The highest BCUT2D eigenvalue weighted by Gasteiger charge is 2.22. The van der Waals surface area contributed by atoms with Gasteiger partial charge in [0, 0.05) is 12.2 Å². The van der Waals surface area contributed by atoms with Crippen molar-refractivity contribution in [1.29, 1.82) is 0 Å². The van der Waals surface area contributed by atoms with Crippen LogP contribution >= 0.6 is 0 Å². The van der Waals surface area contributed by atoms with E-state index in [9.17, 15) is 4.79 Å². The van der Waals surface area contributed by atoms with Crippen molar-refractivity contribution >= 4 is 5.91 Å². The number of hydrogen-bond acceptors (Lipinski definition) is 4. The van der Waals surface area contributed by atoms with E-state index < -0.39 is 0 Å². The monoisotopic (exact) mass is 289 g/mol. The Balaban J connectivity index is 1.71. The molecule has 0 aromatic carbocycles. The first-order valence-corrected chi connectivity index (χ1v) is 7.13. The molecule has 1 aliphatic rings. The molecule has 3 heterocycles. The fraction of sp³-hybridized carbons (Fsp3) is 0.500. The SMILES string of the molecule is Cc1cc(C)n(Cc2cc(C(=O)N3CCCCO3)n[nH]2)n1. The van der Waals surface area contributed by atoms with Crippen LogP contribution in [0.4, 0.5) is 0 Å². The van der Waals surface area contributed by atoms with Crippen molar-refractivity contribution in [2.75, 3.05) is 13.2 Å². The molecule has 0 saturated carbocycles. The third kappa shape index (κ3) is 2.97. The van der Waals surface area contributed by atoms with E-state index >= 15 is 0 Å². The highest BCUT2D eigenvalue weighted by atomic mass is 16.7. The van der Waals surface area contributed by atoms with Crippen LogP contribution in [0.25, 0.3) is 0 Å². The standard InChI is InChI=1S/C14H19N5O2/c1-10-7-11(2)18(17-10)9-12-8-13(16-15-12)14(20)19-5-3-4-6-21-19/h7-8H,3-6,9H2,1-2H3,(H,15,16). The summed E-state index contributed by atoms with van der Waals surface area (Å²) in [7, 11) is 0. The molecule has 112 valence electrons. The Labute approximate surface area is 122 Å². The number of rotatable bonds is 3. The van der Waals surface area contributed by atoms with Gasteiger partial charge in [-0.05, 0) is 38.8 Å². The van der Waals surface area contributed by atoms with Crippen molar-refractivity contribution in [3.63, 3.8) is 0 Å². The summed E-state index contributed by atoms with van der Waals surface area (Å²) < 4.78 is 1.88. The summed E-state index contributed by atoms with van der Waals surface area (Å²) in [4.78, 5) is 17.6. The van der Waals surface area contributed by atoms with Gasteiger partial charge >= 0.3 is 0 Å². The van der Waals surface area contributed by atoms with Gasteiger partial charge in [0.2, 0.25) is 0 Å². The number of nitrogens with zero attached hydrogens (tertiary/aromatic N) is 4. The van der Waals surface area contributed by atoms with Crippen LogP contribution in [0.5, 0.6) is 0 Å². The number of nitrogens with one attached hydrogen (secondary N) is 1. The summed E-state index contributed by atoms with van der Waals surface area (Å²) in [5.41, 5.74) is 3.29. The maximum absolute atomic E-state index is 12.2. The minimum atomic E-state index is -0.189. The van der Waals surface area contributed by atoms with Crippen molar-refractivity contribution < 1.29 is 9.63 Å². The molecule has 0 radical (unpaired) electrons. The zero-order chi connectivity index (χ0) is 14.8. The zero-order valence-corrected chi connectivity index (χ0v) is 12.3. The summed E-state index contributed by atoms with van der Waals surface area (Å²) in [5, 5.41) is 12.8. The molecule has 1 N–H and O–H groups in total. The first kappa shape index (κ1) is 13.8. The highest BCUT2D eigenvalue weighted by molar-refractivity contribution is 5.91. The van der Waals surface area contributed by atoms with E-state index in [1.165, 1.54) is 5.06 Å². The molecular weight excluding hydrogens is 270 g/mol. The van der Waals surface area contributed by atoms with Crippen molar-refractivity contribution in [3.8, 4) is 0 Å². The van der Waals surface area contributed by atoms with E-state index in [-0.39, 0.29) is 5.91 Å². The predicted molar refractivity (Wildman–Crippen MR) is 75.6 cm³/mol. The summed E-state index contributed by atoms with van der Waals surface area (Å²) >= 11 is 0. The number of aromatic amines is 1. The Morgan fingerprint density at radius 1 is 1.38 bits per heavy atom. The van der Waals surface area contributed by atoms with Gasteiger partial charge in [0.1, 0.15) is 0 Å². The molecule has 1 aliphatic heterocycles. The van der Waals surface area contributed by atoms with E-state index in [2.05, 4.69) is 15.3 Å². The third-order valence-electron chi connectivity index (χ3n) is 3.50. The van der Waals surface area contributed by atoms with Crippen molar-refractivity contribution in [3.05, 3.63) is 34.9 Å². The Kier molecular flexibility index (Phi) is 3.74. The molecule has 0 unspecified atom stereocenters. The van der Waals surface area contributed by atoms with Crippen LogP contribution in [0.15, 0.2) is 12.1 Å². The normalized spacial score (nSPS) is 15.4. The van der Waals surface area contributed by atoms with Crippen LogP contribution in [-0.2, 0) is 11.4 Å². The molecule has 7 nitrogen and oxygen atoms in total. The van der Waals surface area contributed by atoms with Crippen LogP contribution < -0.4 is 0 Å². The van der Waals surface area contributed by atoms with Gasteiger partial charge in [-0.25, -0.2) is 5.06 Å². The van der Waals surface area contributed by atoms with Crippen LogP contribution in [0.3, 0.4) is 0 Å². The number of hydroxylamine groups is 2. The number of H-pyrrole nitrogens is 1. The van der Waals surface area contributed by atoms with Gasteiger partial charge in [-0.1, -0.05) is 0 Å². The molecule has 0 atom stereocenters. The molecule has 1 fully saturated rings. The molecule has 21 heavy (non-hydrogen) atoms. The number of carbonyl (C=O) groups is 1. The average molecular weight is 289 g/mol. The van der Waals surface area contributed by atoms with Crippen molar-refractivity contribution in [2.24, 2.45) is 0 Å². The van der Waals surface area contributed by atoms with E-state index in [1.807, 2.05) is 24.6 Å². The topological polar surface area (TPSA) is 76.0 Å². The summed E-state index contributed by atoms with van der Waals surface area (Å²) in [5.74, 6) is -0.189. The Morgan fingerprint density at radius 3 is 2.90 bits per heavy atom. The van der Waals surface area contributed by atoms with Crippen LogP contribution in [0.2, 0.25) is 0 Å². The molecule has 0 spiro atoms. The Bertz CT molecular complexity index is 640. The Morgan fingerprint density at radius 2 is 2.24 bits per heavy atom. The van der Waals surface area contributed by atoms with Crippen molar-refractivity contribution in [2.45, 2.75) is 33.2 Å². The number of hydrogen-bond donors (Lipinski definition) is 1. The van der Waals surface area contributed by atoms with Gasteiger partial charge < -0.3 is 0 Å². The molecule has 0 aliphatic carbocycles. The maximum Gasteiger partial charge on any atom is 0.297 e. The second-order valence-electron chi connectivity index (χ2n) is 5.31. The van der Waals surface area contributed by atoms with Gasteiger partial charge in [0.05, 0.1) is 24.5 Å². The lowest BCUT2D eigenvalue weighted by molar-refractivity contribution is -0.144. The number of aryl methyl sites for hydroxylation is 2. The second kappa shape index (κ2) is 5.69. The molecule has 7 heteroatoms. The van der Waals surface area contributed by atoms with Gasteiger partial charge in [0.25, 0.3) is 5.91 Å². The van der Waals surface area contributed by atoms with E-state index in [0.29, 0.717) is 25.4 Å². The maximum atomic E-state index is 12.2. The first-order chi connectivity index (χ1) is 10.1. The molecule has 3 rings (SSSR count). The van der Waals surface area contributed by atoms with Crippen LogP contribution in [0, 0.1) is 13.8 Å². The second-order valence-corrected chi connectivity index (χ2v) is 5.31. The number of carbonyl (C=O) groups excluding carboxylic acids is 1. The van der Waals surface area contributed by atoms with Gasteiger partial charge in [-0.15, -0.1) is 0 Å². The van der Waals surface area contributed by atoms with Crippen LogP contribution in [-0.4, -0.2) is 44.1 Å². The quantitative estimate of drug-likeness (QED) is 0.927. The van der Waals surface area contributed by atoms with Gasteiger partial charge in [-0.2, -0.15) is 10.2 Å². The molecule has 0 bridgehead atoms. The lowest BCUT2D eigenvalue weighted by Gasteiger charge is -2.24. The van der Waals surface area contributed by atoms with E-state index in [1.54, 1.807) is 6.07 Å². The minimum Gasteiger partial charge on any atom is -0.280 e. The largest absolute Gasteiger partial charge is 0.297 e. The summed E-state index contributed by atoms with van der Waals surface area (Å²) in [6, 6.07) is 3.78. The fourth-order valence-electron chi connectivity index (χ4n) is 2.43. The molecule has 1 saturated heterocycles. The molecule has 1 amide bonds. The van der Waals surface area contributed by atoms with Crippen molar-refractivity contribution in [1.82, 2.24) is 25.0 Å². The highest BCUT2D eigenvalue weighted by Crippen LogP contribution is 2.12. The minimum absolute atomic E-state index is 0.189. The van der Waals surface area contributed by atoms with Gasteiger partial charge in [-0.3, -0.25) is 19.4 Å². The fourth-order valence-corrected chi connectivity index (χ4v) is 2.43. The summed E-state index contributed by atoms with van der Waals surface area (Å²) in [6.07, 6.45) is 1.96. The third-order valence-corrected chi connectivity index (χ3v) is 3.50. The lowest BCUT2D eigenvalue weighted by atomic mass is 10.2. The summed E-state index contributed by atoms with van der Waals surface area (Å²) in [6.45, 7) is 5.75. The van der Waals surface area contributed by atoms with Gasteiger partial charge in [0.15, 0.2) is 5.69 Å². The molecule has 2 aromatic heterocycles. The molecular formula is C14H19N5O2. The lowest BCUT2D eigenvalue weighted by Crippen LogP contribution is -2.35. The predicted octanol–water partition coefficient (Wildman–Crippen LogP) is 1.44. The van der Waals surface area contributed by atoms with E-state index in [4.69, 9.17) is 4.84 Å². The van der Waals surface area contributed by atoms with E-state index in [0.717, 1.165) is 29.9 Å². The number of aromatic nitrogens is 4. The first-order valence-electron chi connectivity index (χ1n) is 7.13.